The van der Waals surface area contributed by atoms with Crippen LogP contribution in [0.2, 0.25) is 5.28 Å². The summed E-state index contributed by atoms with van der Waals surface area (Å²) in [5.41, 5.74) is 0. The van der Waals surface area contributed by atoms with Crippen molar-refractivity contribution in [2.45, 2.75) is 24.3 Å². The monoisotopic (exact) mass is 274 g/mol. The van der Waals surface area contributed by atoms with Gasteiger partial charge < -0.3 is 9.64 Å². The molecule has 0 spiro atoms. The molecule has 94 valence electrons. The van der Waals surface area contributed by atoms with E-state index >= 15 is 0 Å². The summed E-state index contributed by atoms with van der Waals surface area (Å²) < 4.78 is 5.00. The average Bonchev–Trinajstić information content (AvgIpc) is 2.26. The van der Waals surface area contributed by atoms with Gasteiger partial charge in [-0.25, -0.2) is 0 Å². The molecule has 2 rings (SSSR count). The maximum absolute atomic E-state index is 5.85. The predicted octanol–water partition coefficient (Wildman–Crippen LogP) is 1.86. The number of nitrogens with zero attached hydrogens (tertiary/aromatic N) is 4. The van der Waals surface area contributed by atoms with Crippen LogP contribution in [0, 0.1) is 0 Å². The van der Waals surface area contributed by atoms with E-state index in [1.165, 1.54) is 7.11 Å². The number of rotatable bonds is 2. The van der Waals surface area contributed by atoms with E-state index in [1.807, 2.05) is 11.8 Å². The lowest BCUT2D eigenvalue weighted by atomic mass is 10.3. The Morgan fingerprint density at radius 3 is 2.47 bits per heavy atom. The number of anilines is 1. The summed E-state index contributed by atoms with van der Waals surface area (Å²) >= 11 is 7.82. The Labute approximate surface area is 110 Å². The molecular weight excluding hydrogens is 260 g/mol. The van der Waals surface area contributed by atoms with E-state index in [9.17, 15) is 0 Å². The normalized spacial score (nSPS) is 24.8. The minimum absolute atomic E-state index is 0.172. The van der Waals surface area contributed by atoms with Gasteiger partial charge in [-0.2, -0.15) is 26.7 Å². The van der Waals surface area contributed by atoms with Gasteiger partial charge in [0.2, 0.25) is 11.2 Å². The van der Waals surface area contributed by atoms with E-state index in [2.05, 4.69) is 33.7 Å². The highest BCUT2D eigenvalue weighted by Gasteiger charge is 2.24. The molecule has 1 aliphatic rings. The van der Waals surface area contributed by atoms with Gasteiger partial charge in [0.05, 0.1) is 7.11 Å². The second-order valence-corrected chi connectivity index (χ2v) is 6.27. The van der Waals surface area contributed by atoms with Gasteiger partial charge >= 0.3 is 6.01 Å². The van der Waals surface area contributed by atoms with Crippen LogP contribution in [0.4, 0.5) is 5.95 Å². The van der Waals surface area contributed by atoms with Crippen LogP contribution in [-0.4, -0.2) is 45.7 Å². The summed E-state index contributed by atoms with van der Waals surface area (Å²) in [6, 6.07) is 0.263. The lowest BCUT2D eigenvalue weighted by molar-refractivity contribution is 0.378. The third kappa shape index (κ3) is 3.13. The van der Waals surface area contributed by atoms with Crippen molar-refractivity contribution < 1.29 is 4.74 Å². The summed E-state index contributed by atoms with van der Waals surface area (Å²) in [4.78, 5) is 14.4. The molecule has 2 heterocycles. The first-order valence-electron chi connectivity index (χ1n) is 5.44. The van der Waals surface area contributed by atoms with E-state index < -0.39 is 0 Å². The molecule has 17 heavy (non-hydrogen) atoms. The van der Waals surface area contributed by atoms with Gasteiger partial charge in [-0.1, -0.05) is 13.8 Å². The summed E-state index contributed by atoms with van der Waals surface area (Å²) in [6.07, 6.45) is 0. The van der Waals surface area contributed by atoms with Crippen molar-refractivity contribution in [3.8, 4) is 6.01 Å². The maximum Gasteiger partial charge on any atom is 0.322 e. The fourth-order valence-corrected chi connectivity index (χ4v) is 3.37. The third-order valence-corrected chi connectivity index (χ3v) is 3.86. The highest BCUT2D eigenvalue weighted by molar-refractivity contribution is 8.00. The lowest BCUT2D eigenvalue weighted by Crippen LogP contribution is -2.41. The Hall–Kier alpha value is -0.750. The molecule has 2 unspecified atom stereocenters. The second-order valence-electron chi connectivity index (χ2n) is 4.05. The summed E-state index contributed by atoms with van der Waals surface area (Å²) in [5.74, 6) is 0.598. The highest BCUT2D eigenvalue weighted by atomic mass is 35.5. The largest absolute Gasteiger partial charge is 0.467 e. The smallest absolute Gasteiger partial charge is 0.322 e. The molecule has 0 N–H and O–H groups in total. The summed E-state index contributed by atoms with van der Waals surface area (Å²) in [5, 5.41) is 1.28. The SMILES string of the molecule is COc1nc(Cl)nc(N2CC(C)SC(C)C2)n1. The van der Waals surface area contributed by atoms with E-state index in [0.29, 0.717) is 16.4 Å². The van der Waals surface area contributed by atoms with Crippen LogP contribution >= 0.6 is 23.4 Å². The van der Waals surface area contributed by atoms with Crippen LogP contribution in [0.3, 0.4) is 0 Å². The van der Waals surface area contributed by atoms with E-state index in [1.54, 1.807) is 0 Å². The molecule has 0 aliphatic carbocycles. The topological polar surface area (TPSA) is 51.1 Å². The molecule has 0 amide bonds. The van der Waals surface area contributed by atoms with Gasteiger partial charge in [0.1, 0.15) is 0 Å². The van der Waals surface area contributed by atoms with E-state index in [4.69, 9.17) is 16.3 Å². The first-order chi connectivity index (χ1) is 8.08. The molecule has 1 aromatic rings. The van der Waals surface area contributed by atoms with Crippen LogP contribution in [0.15, 0.2) is 0 Å². The number of hydrogen-bond acceptors (Lipinski definition) is 6. The Morgan fingerprint density at radius 1 is 1.24 bits per heavy atom. The molecule has 1 aliphatic heterocycles. The minimum atomic E-state index is 0.172. The highest BCUT2D eigenvalue weighted by Crippen LogP contribution is 2.27. The second kappa shape index (κ2) is 5.27. The molecule has 5 nitrogen and oxygen atoms in total. The zero-order valence-corrected chi connectivity index (χ0v) is 11.6. The molecule has 0 saturated carbocycles. The Bertz CT molecular complexity index is 396. The van der Waals surface area contributed by atoms with E-state index in [0.717, 1.165) is 13.1 Å². The van der Waals surface area contributed by atoms with Crippen LogP contribution in [0.25, 0.3) is 0 Å². The van der Waals surface area contributed by atoms with Crippen molar-refractivity contribution in [1.82, 2.24) is 15.0 Å². The van der Waals surface area contributed by atoms with Crippen molar-refractivity contribution >= 4 is 29.3 Å². The van der Waals surface area contributed by atoms with Gasteiger partial charge in [0, 0.05) is 23.6 Å². The first kappa shape index (κ1) is 12.7. The van der Waals surface area contributed by atoms with Crippen molar-refractivity contribution in [3.05, 3.63) is 5.28 Å². The van der Waals surface area contributed by atoms with Gasteiger partial charge in [0.25, 0.3) is 0 Å². The lowest BCUT2D eigenvalue weighted by Gasteiger charge is -2.34. The van der Waals surface area contributed by atoms with Gasteiger partial charge in [-0.3, -0.25) is 0 Å². The standard InChI is InChI=1S/C10H15ClN4OS/c1-6-4-15(5-7(2)17-6)9-12-8(11)13-10(14-9)16-3/h6-7H,4-5H2,1-3H3. The number of ether oxygens (including phenoxy) is 1. The Kier molecular flexibility index (Phi) is 3.93. The quantitative estimate of drug-likeness (QED) is 0.821. The first-order valence-corrected chi connectivity index (χ1v) is 6.76. The molecule has 1 saturated heterocycles. The third-order valence-electron chi connectivity index (χ3n) is 2.46. The molecule has 1 fully saturated rings. The molecule has 0 radical (unpaired) electrons. The fraction of sp³-hybridized carbons (Fsp3) is 0.700. The molecule has 2 atom stereocenters. The molecule has 0 aromatic carbocycles. The van der Waals surface area contributed by atoms with Crippen LogP contribution in [0.5, 0.6) is 6.01 Å². The molecule has 7 heteroatoms. The number of hydrogen-bond donors (Lipinski definition) is 0. The van der Waals surface area contributed by atoms with Crippen molar-refractivity contribution in [2.75, 3.05) is 25.1 Å². The molecule has 0 bridgehead atoms. The Morgan fingerprint density at radius 2 is 1.88 bits per heavy atom. The summed E-state index contributed by atoms with van der Waals surface area (Å²) in [7, 11) is 1.52. The predicted molar refractivity (Wildman–Crippen MR) is 70.1 cm³/mol. The Balaban J connectivity index is 2.23. The molecule has 1 aromatic heterocycles. The van der Waals surface area contributed by atoms with Gasteiger partial charge in [-0.15, -0.1) is 0 Å². The van der Waals surface area contributed by atoms with E-state index in [-0.39, 0.29) is 11.3 Å². The van der Waals surface area contributed by atoms with Crippen LogP contribution < -0.4 is 9.64 Å². The fourth-order valence-electron chi connectivity index (χ4n) is 1.90. The molecular formula is C10H15ClN4OS. The van der Waals surface area contributed by atoms with Crippen LogP contribution in [-0.2, 0) is 0 Å². The summed E-state index contributed by atoms with van der Waals surface area (Å²) in [6.45, 7) is 6.23. The zero-order valence-electron chi connectivity index (χ0n) is 10.1. The van der Waals surface area contributed by atoms with Crippen molar-refractivity contribution in [2.24, 2.45) is 0 Å². The van der Waals surface area contributed by atoms with Crippen LogP contribution in [0.1, 0.15) is 13.8 Å². The zero-order chi connectivity index (χ0) is 12.4. The number of halogens is 1. The number of thioether (sulfide) groups is 1. The number of methoxy groups -OCH3 is 1. The average molecular weight is 275 g/mol. The van der Waals surface area contributed by atoms with Gasteiger partial charge in [0.15, 0.2) is 0 Å². The maximum atomic E-state index is 5.85. The van der Waals surface area contributed by atoms with Gasteiger partial charge in [-0.05, 0) is 11.6 Å². The van der Waals surface area contributed by atoms with Crippen molar-refractivity contribution in [3.63, 3.8) is 0 Å². The van der Waals surface area contributed by atoms with Crippen molar-refractivity contribution in [1.29, 1.82) is 0 Å². The minimum Gasteiger partial charge on any atom is -0.467 e. The number of aromatic nitrogens is 3.